The van der Waals surface area contributed by atoms with E-state index < -0.39 is 10.2 Å². The molecular formula is C7H16N2O2S. The molecule has 0 amide bonds. The van der Waals surface area contributed by atoms with E-state index in [9.17, 15) is 8.42 Å². The van der Waals surface area contributed by atoms with Crippen molar-refractivity contribution in [3.05, 3.63) is 0 Å². The molecule has 0 spiro atoms. The summed E-state index contributed by atoms with van der Waals surface area (Å²) < 4.78 is 23.2. The van der Waals surface area contributed by atoms with Crippen LogP contribution in [0.25, 0.3) is 0 Å². The van der Waals surface area contributed by atoms with Crippen LogP contribution in [0.1, 0.15) is 26.2 Å². The minimum atomic E-state index is -3.45. The molecule has 0 aromatic rings. The molecule has 0 radical (unpaired) electrons. The highest BCUT2D eigenvalue weighted by Gasteiger charge is 2.24. The zero-order valence-electron chi connectivity index (χ0n) is 7.36. The summed E-state index contributed by atoms with van der Waals surface area (Å²) in [5.74, 6) is 0.545. The van der Waals surface area contributed by atoms with Crippen LogP contribution in [0.15, 0.2) is 0 Å². The lowest BCUT2D eigenvalue weighted by Crippen LogP contribution is -2.41. The maximum absolute atomic E-state index is 10.9. The molecule has 72 valence electrons. The normalized spacial score (nSPS) is 19.6. The van der Waals surface area contributed by atoms with Gasteiger partial charge in [-0.15, -0.1) is 0 Å². The van der Waals surface area contributed by atoms with Gasteiger partial charge < -0.3 is 0 Å². The molecule has 1 saturated carbocycles. The minimum Gasteiger partial charge on any atom is -0.216 e. The van der Waals surface area contributed by atoms with Gasteiger partial charge in [0, 0.05) is 13.1 Å². The molecule has 0 aromatic heterocycles. The van der Waals surface area contributed by atoms with E-state index in [-0.39, 0.29) is 0 Å². The van der Waals surface area contributed by atoms with Gasteiger partial charge in [0.2, 0.25) is 0 Å². The van der Waals surface area contributed by atoms with Crippen molar-refractivity contribution in [2.24, 2.45) is 11.1 Å². The van der Waals surface area contributed by atoms with Crippen LogP contribution in [0.4, 0.5) is 0 Å². The third kappa shape index (κ3) is 2.43. The zero-order chi connectivity index (χ0) is 9.19. The Balaban J connectivity index is 2.45. The van der Waals surface area contributed by atoms with Crippen molar-refractivity contribution in [2.75, 3.05) is 13.1 Å². The topological polar surface area (TPSA) is 63.4 Å². The molecule has 1 fully saturated rings. The van der Waals surface area contributed by atoms with Crippen molar-refractivity contribution in [1.82, 2.24) is 4.31 Å². The van der Waals surface area contributed by atoms with Gasteiger partial charge in [0.1, 0.15) is 0 Å². The van der Waals surface area contributed by atoms with E-state index >= 15 is 0 Å². The molecule has 0 atom stereocenters. The summed E-state index contributed by atoms with van der Waals surface area (Å²) in [6.07, 6.45) is 3.52. The summed E-state index contributed by atoms with van der Waals surface area (Å²) in [5.41, 5.74) is 0. The number of nitrogens with two attached hydrogens (primary N) is 1. The van der Waals surface area contributed by atoms with Crippen LogP contribution in [0.2, 0.25) is 0 Å². The molecule has 1 aliphatic rings. The maximum atomic E-state index is 10.9. The van der Waals surface area contributed by atoms with Gasteiger partial charge in [-0.05, 0) is 18.8 Å². The fourth-order valence-electron chi connectivity index (χ4n) is 1.38. The van der Waals surface area contributed by atoms with Crippen LogP contribution in [0.5, 0.6) is 0 Å². The Morgan fingerprint density at radius 3 is 2.33 bits per heavy atom. The molecule has 0 bridgehead atoms. The highest BCUT2D eigenvalue weighted by atomic mass is 32.2. The summed E-state index contributed by atoms with van der Waals surface area (Å²) in [5, 5.41) is 5.02. The van der Waals surface area contributed by atoms with Crippen LogP contribution in [0.3, 0.4) is 0 Å². The fraction of sp³-hybridized carbons (Fsp3) is 1.00. The molecule has 0 aromatic carbocycles. The SMILES string of the molecule is CCN(CC1CCC1)S(N)(=O)=O. The number of hydrogen-bond acceptors (Lipinski definition) is 2. The lowest BCUT2D eigenvalue weighted by atomic mass is 9.85. The van der Waals surface area contributed by atoms with Gasteiger partial charge in [0.25, 0.3) is 10.2 Å². The molecule has 1 aliphatic carbocycles. The molecular weight excluding hydrogens is 176 g/mol. The molecule has 0 heterocycles. The van der Waals surface area contributed by atoms with Crippen LogP contribution in [0, 0.1) is 5.92 Å². The maximum Gasteiger partial charge on any atom is 0.276 e. The van der Waals surface area contributed by atoms with Crippen LogP contribution in [-0.4, -0.2) is 25.8 Å². The van der Waals surface area contributed by atoms with Crippen LogP contribution >= 0.6 is 0 Å². The highest BCUT2D eigenvalue weighted by Crippen LogP contribution is 2.27. The molecule has 0 saturated heterocycles. The average Bonchev–Trinajstić information content (AvgIpc) is 1.82. The minimum absolute atomic E-state index is 0.481. The van der Waals surface area contributed by atoms with E-state index in [1.54, 1.807) is 0 Å². The molecule has 1 rings (SSSR count). The fourth-order valence-corrected chi connectivity index (χ4v) is 2.15. The first-order chi connectivity index (χ1) is 5.54. The third-order valence-corrected chi connectivity index (χ3v) is 3.53. The Kier molecular flexibility index (Phi) is 3.09. The predicted molar refractivity (Wildman–Crippen MR) is 47.7 cm³/mol. The molecule has 2 N–H and O–H groups in total. The Bertz CT molecular complexity index is 234. The molecule has 5 heteroatoms. The Morgan fingerprint density at radius 2 is 2.08 bits per heavy atom. The van der Waals surface area contributed by atoms with Crippen molar-refractivity contribution in [3.63, 3.8) is 0 Å². The second-order valence-electron chi connectivity index (χ2n) is 3.29. The summed E-state index contributed by atoms with van der Waals surface area (Å²) in [6, 6.07) is 0. The average molecular weight is 192 g/mol. The Morgan fingerprint density at radius 1 is 1.50 bits per heavy atom. The standard InChI is InChI=1S/C7H16N2O2S/c1-2-9(12(8,10)11)6-7-4-3-5-7/h7H,2-6H2,1H3,(H2,8,10,11). The molecule has 0 aliphatic heterocycles. The van der Waals surface area contributed by atoms with Gasteiger partial charge in [-0.3, -0.25) is 0 Å². The monoisotopic (exact) mass is 192 g/mol. The van der Waals surface area contributed by atoms with Gasteiger partial charge in [0.05, 0.1) is 0 Å². The van der Waals surface area contributed by atoms with Gasteiger partial charge in [0.15, 0.2) is 0 Å². The molecule has 12 heavy (non-hydrogen) atoms. The van der Waals surface area contributed by atoms with Crippen LogP contribution < -0.4 is 5.14 Å². The summed E-state index contributed by atoms with van der Waals surface area (Å²) in [4.78, 5) is 0. The summed E-state index contributed by atoms with van der Waals surface area (Å²) in [7, 11) is -3.45. The van der Waals surface area contributed by atoms with E-state index in [2.05, 4.69) is 0 Å². The lowest BCUT2D eigenvalue weighted by molar-refractivity contribution is 0.250. The predicted octanol–water partition coefficient (Wildman–Crippen LogP) is 0.312. The first-order valence-corrected chi connectivity index (χ1v) is 5.82. The molecule has 0 unspecified atom stereocenters. The molecule has 4 nitrogen and oxygen atoms in total. The van der Waals surface area contributed by atoms with Crippen molar-refractivity contribution in [2.45, 2.75) is 26.2 Å². The third-order valence-electron chi connectivity index (χ3n) is 2.40. The van der Waals surface area contributed by atoms with Gasteiger partial charge in [-0.2, -0.15) is 12.7 Å². The van der Waals surface area contributed by atoms with Crippen LogP contribution in [-0.2, 0) is 10.2 Å². The Hall–Kier alpha value is -0.130. The van der Waals surface area contributed by atoms with Crippen molar-refractivity contribution in [1.29, 1.82) is 0 Å². The van der Waals surface area contributed by atoms with Gasteiger partial charge in [-0.25, -0.2) is 5.14 Å². The Labute approximate surface area is 73.9 Å². The lowest BCUT2D eigenvalue weighted by Gasteiger charge is -2.29. The van der Waals surface area contributed by atoms with E-state index in [0.717, 1.165) is 12.8 Å². The number of rotatable bonds is 4. The van der Waals surface area contributed by atoms with E-state index in [4.69, 9.17) is 5.14 Å². The zero-order valence-corrected chi connectivity index (χ0v) is 8.18. The summed E-state index contributed by atoms with van der Waals surface area (Å²) in [6.45, 7) is 2.90. The van der Waals surface area contributed by atoms with Crippen molar-refractivity contribution < 1.29 is 8.42 Å². The number of hydrogen-bond donors (Lipinski definition) is 1. The second-order valence-corrected chi connectivity index (χ2v) is 4.84. The first kappa shape index (κ1) is 9.95. The summed E-state index contributed by atoms with van der Waals surface area (Å²) >= 11 is 0. The number of nitrogens with zero attached hydrogens (tertiary/aromatic N) is 1. The van der Waals surface area contributed by atoms with E-state index in [1.165, 1.54) is 10.7 Å². The van der Waals surface area contributed by atoms with Gasteiger partial charge in [-0.1, -0.05) is 13.3 Å². The largest absolute Gasteiger partial charge is 0.276 e. The smallest absolute Gasteiger partial charge is 0.216 e. The quantitative estimate of drug-likeness (QED) is 0.697. The van der Waals surface area contributed by atoms with Gasteiger partial charge >= 0.3 is 0 Å². The van der Waals surface area contributed by atoms with Crippen molar-refractivity contribution >= 4 is 10.2 Å². The second kappa shape index (κ2) is 3.72. The first-order valence-electron chi connectivity index (χ1n) is 4.32. The highest BCUT2D eigenvalue weighted by molar-refractivity contribution is 7.86. The van der Waals surface area contributed by atoms with Crippen molar-refractivity contribution in [3.8, 4) is 0 Å². The van der Waals surface area contributed by atoms with E-state index in [1.807, 2.05) is 6.92 Å². The van der Waals surface area contributed by atoms with E-state index in [0.29, 0.717) is 19.0 Å².